The zero-order valence-electron chi connectivity index (χ0n) is 16.9. The molecule has 4 rings (SSSR count). The Hall–Kier alpha value is -3.62. The van der Waals surface area contributed by atoms with Gasteiger partial charge < -0.3 is 14.5 Å². The second kappa shape index (κ2) is 8.40. The lowest BCUT2D eigenvalue weighted by molar-refractivity contribution is -0.134. The SMILES string of the molecule is Cc1nc2ccc(C(=O)OCC(=O)N3CCN(c4ncccn4)CC3)cc2nc1C. The lowest BCUT2D eigenvalue weighted by Gasteiger charge is -2.34. The molecule has 9 heteroatoms. The standard InChI is InChI=1S/C21H22N6O3/c1-14-15(2)25-18-12-16(4-5-17(18)24-14)20(29)30-13-19(28)26-8-10-27(11-9-26)21-22-6-3-7-23-21/h3-7,12H,8-11,13H2,1-2H3. The van der Waals surface area contributed by atoms with Gasteiger partial charge in [0.15, 0.2) is 6.61 Å². The molecule has 1 aliphatic heterocycles. The number of hydrogen-bond acceptors (Lipinski definition) is 8. The van der Waals surface area contributed by atoms with Crippen molar-refractivity contribution < 1.29 is 14.3 Å². The smallest absolute Gasteiger partial charge is 0.338 e. The summed E-state index contributed by atoms with van der Waals surface area (Å²) in [5.41, 5.74) is 3.34. The molecule has 0 spiro atoms. The summed E-state index contributed by atoms with van der Waals surface area (Å²) in [6.07, 6.45) is 3.39. The van der Waals surface area contributed by atoms with Crippen molar-refractivity contribution in [1.29, 1.82) is 0 Å². The normalized spacial score (nSPS) is 14.1. The Labute approximate surface area is 173 Å². The predicted octanol–water partition coefficient (Wildman–Crippen LogP) is 1.54. The number of aromatic nitrogens is 4. The summed E-state index contributed by atoms with van der Waals surface area (Å²) in [6.45, 7) is 5.78. The number of fused-ring (bicyclic) bond motifs is 1. The first-order chi connectivity index (χ1) is 14.5. The van der Waals surface area contributed by atoms with Gasteiger partial charge in [0.1, 0.15) is 0 Å². The number of carbonyl (C=O) groups is 2. The number of rotatable bonds is 4. The molecule has 1 amide bonds. The summed E-state index contributed by atoms with van der Waals surface area (Å²) in [6, 6.07) is 6.78. The lowest BCUT2D eigenvalue weighted by Crippen LogP contribution is -2.50. The number of amides is 1. The van der Waals surface area contributed by atoms with Crippen LogP contribution in [-0.2, 0) is 9.53 Å². The topological polar surface area (TPSA) is 101 Å². The first-order valence-electron chi connectivity index (χ1n) is 9.73. The second-order valence-electron chi connectivity index (χ2n) is 7.09. The minimum Gasteiger partial charge on any atom is -0.452 e. The zero-order chi connectivity index (χ0) is 21.1. The van der Waals surface area contributed by atoms with Crippen molar-refractivity contribution in [2.24, 2.45) is 0 Å². The van der Waals surface area contributed by atoms with E-state index in [1.165, 1.54) is 0 Å². The third-order valence-corrected chi connectivity index (χ3v) is 5.11. The summed E-state index contributed by atoms with van der Waals surface area (Å²) >= 11 is 0. The molecule has 0 N–H and O–H groups in total. The van der Waals surface area contributed by atoms with Crippen molar-refractivity contribution in [3.8, 4) is 0 Å². The molecular formula is C21H22N6O3. The predicted molar refractivity (Wildman–Crippen MR) is 110 cm³/mol. The molecule has 3 aromatic rings. The molecule has 154 valence electrons. The number of piperazine rings is 1. The van der Waals surface area contributed by atoms with Gasteiger partial charge in [-0.3, -0.25) is 4.79 Å². The summed E-state index contributed by atoms with van der Waals surface area (Å²) < 4.78 is 5.24. The number of nitrogens with zero attached hydrogens (tertiary/aromatic N) is 6. The summed E-state index contributed by atoms with van der Waals surface area (Å²) in [5, 5.41) is 0. The third kappa shape index (κ3) is 4.19. The average Bonchev–Trinajstić information content (AvgIpc) is 2.78. The monoisotopic (exact) mass is 406 g/mol. The fourth-order valence-electron chi connectivity index (χ4n) is 3.27. The molecule has 1 aliphatic rings. The van der Waals surface area contributed by atoms with E-state index in [2.05, 4.69) is 19.9 Å². The van der Waals surface area contributed by atoms with Gasteiger partial charge in [0, 0.05) is 38.6 Å². The van der Waals surface area contributed by atoms with Gasteiger partial charge in [-0.05, 0) is 38.1 Å². The van der Waals surface area contributed by atoms with Gasteiger partial charge in [0.2, 0.25) is 5.95 Å². The highest BCUT2D eigenvalue weighted by atomic mass is 16.5. The van der Waals surface area contributed by atoms with Crippen LogP contribution in [-0.4, -0.2) is 69.5 Å². The van der Waals surface area contributed by atoms with E-state index in [9.17, 15) is 9.59 Å². The Morgan fingerprint density at radius 3 is 2.33 bits per heavy atom. The number of esters is 1. The van der Waals surface area contributed by atoms with E-state index in [1.54, 1.807) is 41.6 Å². The fraction of sp³-hybridized carbons (Fsp3) is 0.333. The van der Waals surface area contributed by atoms with Gasteiger partial charge in [-0.1, -0.05) is 0 Å². The largest absolute Gasteiger partial charge is 0.452 e. The maximum Gasteiger partial charge on any atom is 0.338 e. The number of ether oxygens (including phenoxy) is 1. The maximum atomic E-state index is 12.4. The van der Waals surface area contributed by atoms with Crippen LogP contribution in [0.4, 0.5) is 5.95 Å². The number of hydrogen-bond donors (Lipinski definition) is 0. The molecule has 1 aromatic carbocycles. The molecule has 0 saturated carbocycles. The minimum absolute atomic E-state index is 0.218. The van der Waals surface area contributed by atoms with Crippen molar-refractivity contribution in [3.63, 3.8) is 0 Å². The van der Waals surface area contributed by atoms with E-state index in [-0.39, 0.29) is 12.5 Å². The van der Waals surface area contributed by atoms with Crippen molar-refractivity contribution >= 4 is 28.9 Å². The van der Waals surface area contributed by atoms with Gasteiger partial charge in [-0.2, -0.15) is 0 Å². The summed E-state index contributed by atoms with van der Waals surface area (Å²) in [4.78, 5) is 45.9. The van der Waals surface area contributed by atoms with E-state index >= 15 is 0 Å². The van der Waals surface area contributed by atoms with Crippen molar-refractivity contribution in [1.82, 2.24) is 24.8 Å². The quantitative estimate of drug-likeness (QED) is 0.602. The minimum atomic E-state index is -0.554. The van der Waals surface area contributed by atoms with Crippen molar-refractivity contribution in [2.45, 2.75) is 13.8 Å². The first-order valence-corrected chi connectivity index (χ1v) is 9.73. The molecule has 0 atom stereocenters. The highest BCUT2D eigenvalue weighted by molar-refractivity contribution is 5.94. The van der Waals surface area contributed by atoms with E-state index < -0.39 is 5.97 Å². The number of carbonyl (C=O) groups excluding carboxylic acids is 2. The Morgan fingerprint density at radius 2 is 1.63 bits per heavy atom. The number of benzene rings is 1. The highest BCUT2D eigenvalue weighted by Gasteiger charge is 2.23. The highest BCUT2D eigenvalue weighted by Crippen LogP contribution is 2.15. The molecule has 0 aliphatic carbocycles. The van der Waals surface area contributed by atoms with Crippen molar-refractivity contribution in [3.05, 3.63) is 53.6 Å². The second-order valence-corrected chi connectivity index (χ2v) is 7.09. The van der Waals surface area contributed by atoms with Crippen LogP contribution in [0.25, 0.3) is 11.0 Å². The van der Waals surface area contributed by atoms with Gasteiger partial charge in [-0.15, -0.1) is 0 Å². The molecule has 1 fully saturated rings. The van der Waals surface area contributed by atoms with Gasteiger partial charge in [-0.25, -0.2) is 24.7 Å². The van der Waals surface area contributed by atoms with Gasteiger partial charge in [0.05, 0.1) is 28.0 Å². The number of aryl methyl sites for hydroxylation is 2. The first kappa shape index (κ1) is 19.7. The fourth-order valence-corrected chi connectivity index (χ4v) is 3.27. The molecule has 0 bridgehead atoms. The molecule has 2 aromatic heterocycles. The molecule has 30 heavy (non-hydrogen) atoms. The third-order valence-electron chi connectivity index (χ3n) is 5.11. The van der Waals surface area contributed by atoms with Gasteiger partial charge in [0.25, 0.3) is 5.91 Å². The van der Waals surface area contributed by atoms with Crippen LogP contribution in [0.5, 0.6) is 0 Å². The summed E-state index contributed by atoms with van der Waals surface area (Å²) in [7, 11) is 0. The van der Waals surface area contributed by atoms with Crippen LogP contribution in [0.15, 0.2) is 36.7 Å². The average molecular weight is 406 g/mol. The molecule has 9 nitrogen and oxygen atoms in total. The Balaban J connectivity index is 1.32. The van der Waals surface area contributed by atoms with E-state index in [4.69, 9.17) is 4.74 Å². The van der Waals surface area contributed by atoms with Crippen LogP contribution < -0.4 is 4.90 Å². The zero-order valence-corrected chi connectivity index (χ0v) is 16.9. The van der Waals surface area contributed by atoms with E-state index in [1.807, 2.05) is 18.7 Å². The van der Waals surface area contributed by atoms with Gasteiger partial charge >= 0.3 is 5.97 Å². The Morgan fingerprint density at radius 1 is 0.967 bits per heavy atom. The number of anilines is 1. The molecule has 0 radical (unpaired) electrons. The molecule has 1 saturated heterocycles. The van der Waals surface area contributed by atoms with E-state index in [0.29, 0.717) is 48.7 Å². The Bertz CT molecular complexity index is 1080. The van der Waals surface area contributed by atoms with Crippen LogP contribution in [0, 0.1) is 13.8 Å². The maximum absolute atomic E-state index is 12.4. The lowest BCUT2D eigenvalue weighted by atomic mass is 10.2. The summed E-state index contributed by atoms with van der Waals surface area (Å²) in [5.74, 6) is -0.119. The van der Waals surface area contributed by atoms with Crippen LogP contribution in [0.1, 0.15) is 21.7 Å². The van der Waals surface area contributed by atoms with Crippen molar-refractivity contribution in [2.75, 3.05) is 37.7 Å². The van der Waals surface area contributed by atoms with Crippen LogP contribution in [0.2, 0.25) is 0 Å². The Kier molecular flexibility index (Phi) is 5.51. The molecular weight excluding hydrogens is 384 g/mol. The van der Waals surface area contributed by atoms with E-state index in [0.717, 1.165) is 11.4 Å². The molecule has 3 heterocycles. The molecule has 0 unspecified atom stereocenters. The van der Waals surface area contributed by atoms with Crippen LogP contribution in [0.3, 0.4) is 0 Å². The van der Waals surface area contributed by atoms with Crippen LogP contribution >= 0.6 is 0 Å².